The Hall–Kier alpha value is -0.480. The first-order valence-electron chi connectivity index (χ1n) is 4.63. The fraction of sp³-hybridized carbons (Fsp3) is 0.273. The lowest BCUT2D eigenvalue weighted by Crippen LogP contribution is -2.10. The minimum Gasteiger partial charge on any atom is -0.468 e. The van der Waals surface area contributed by atoms with Crippen molar-refractivity contribution in [2.45, 2.75) is 20.0 Å². The predicted octanol–water partition coefficient (Wildman–Crippen LogP) is 3.78. The van der Waals surface area contributed by atoms with Crippen molar-refractivity contribution in [1.29, 1.82) is 0 Å². The Balaban J connectivity index is 0.00000112. The average Bonchev–Trinajstić information content (AvgIpc) is 2.77. The molecule has 1 N–H and O–H groups in total. The van der Waals surface area contributed by atoms with Crippen molar-refractivity contribution in [2.24, 2.45) is 0 Å². The summed E-state index contributed by atoms with van der Waals surface area (Å²) in [6.07, 6.45) is 1.70. The van der Waals surface area contributed by atoms with Gasteiger partial charge in [-0.1, -0.05) is 0 Å². The first kappa shape index (κ1) is 15.5. The van der Waals surface area contributed by atoms with Crippen LogP contribution in [0, 0.1) is 6.92 Å². The van der Waals surface area contributed by atoms with E-state index in [1.165, 1.54) is 9.75 Å². The van der Waals surface area contributed by atoms with Crippen molar-refractivity contribution >= 4 is 36.2 Å². The average molecular weight is 280 g/mol. The van der Waals surface area contributed by atoms with Gasteiger partial charge in [-0.2, -0.15) is 0 Å². The molecule has 5 heteroatoms. The zero-order valence-electron chi connectivity index (χ0n) is 8.93. The van der Waals surface area contributed by atoms with Gasteiger partial charge in [-0.3, -0.25) is 0 Å². The summed E-state index contributed by atoms with van der Waals surface area (Å²) in [5.41, 5.74) is 0. The summed E-state index contributed by atoms with van der Waals surface area (Å²) in [5, 5.41) is 3.33. The number of furan rings is 1. The third-order valence-electron chi connectivity index (χ3n) is 1.97. The van der Waals surface area contributed by atoms with Crippen LogP contribution in [0.2, 0.25) is 0 Å². The maximum atomic E-state index is 5.22. The van der Waals surface area contributed by atoms with E-state index in [0.717, 1.165) is 18.8 Å². The lowest BCUT2D eigenvalue weighted by molar-refractivity contribution is 0.483. The number of nitrogens with one attached hydrogen (secondary N) is 1. The summed E-state index contributed by atoms with van der Waals surface area (Å²) >= 11 is 1.83. The molecule has 0 amide bonds. The number of aryl methyl sites for hydroxylation is 1. The highest BCUT2D eigenvalue weighted by Crippen LogP contribution is 2.14. The standard InChI is InChI=1S/C11H13NOS.2ClH/c1-9-4-5-11(14-9)8-12-7-10-3-2-6-13-10;;/h2-6,12H,7-8H2,1H3;2*1H. The highest BCUT2D eigenvalue weighted by molar-refractivity contribution is 7.11. The van der Waals surface area contributed by atoms with Gasteiger partial charge >= 0.3 is 0 Å². The zero-order chi connectivity index (χ0) is 9.80. The van der Waals surface area contributed by atoms with E-state index in [1.54, 1.807) is 6.26 Å². The van der Waals surface area contributed by atoms with Crippen LogP contribution in [0.15, 0.2) is 34.9 Å². The van der Waals surface area contributed by atoms with Crippen molar-refractivity contribution in [3.8, 4) is 0 Å². The Morgan fingerprint density at radius 3 is 2.56 bits per heavy atom. The van der Waals surface area contributed by atoms with E-state index >= 15 is 0 Å². The molecular formula is C11H15Cl2NOS. The molecule has 90 valence electrons. The molecule has 0 bridgehead atoms. The highest BCUT2D eigenvalue weighted by Gasteiger charge is 1.97. The van der Waals surface area contributed by atoms with Gasteiger partial charge in [0.15, 0.2) is 0 Å². The molecule has 0 aromatic carbocycles. The molecule has 2 nitrogen and oxygen atoms in total. The van der Waals surface area contributed by atoms with Gasteiger partial charge in [-0.05, 0) is 31.2 Å². The maximum Gasteiger partial charge on any atom is 0.117 e. The number of halogens is 2. The second-order valence-corrected chi connectivity index (χ2v) is 4.57. The molecule has 0 unspecified atom stereocenters. The van der Waals surface area contributed by atoms with Gasteiger partial charge in [0.2, 0.25) is 0 Å². The Morgan fingerprint density at radius 2 is 2.00 bits per heavy atom. The van der Waals surface area contributed by atoms with Gasteiger partial charge in [-0.25, -0.2) is 0 Å². The lowest BCUT2D eigenvalue weighted by Gasteiger charge is -1.99. The van der Waals surface area contributed by atoms with Crippen LogP contribution in [0.5, 0.6) is 0 Å². The van der Waals surface area contributed by atoms with E-state index < -0.39 is 0 Å². The fourth-order valence-corrected chi connectivity index (χ4v) is 2.16. The van der Waals surface area contributed by atoms with Crippen LogP contribution in [-0.2, 0) is 13.1 Å². The van der Waals surface area contributed by atoms with E-state index in [0.29, 0.717) is 0 Å². The minimum absolute atomic E-state index is 0. The van der Waals surface area contributed by atoms with Gasteiger partial charge < -0.3 is 9.73 Å². The van der Waals surface area contributed by atoms with Crippen molar-refractivity contribution in [3.63, 3.8) is 0 Å². The lowest BCUT2D eigenvalue weighted by atomic mass is 10.4. The van der Waals surface area contributed by atoms with Crippen LogP contribution in [-0.4, -0.2) is 0 Å². The summed E-state index contributed by atoms with van der Waals surface area (Å²) in [6, 6.07) is 8.20. The second-order valence-electron chi connectivity index (χ2n) is 3.20. The summed E-state index contributed by atoms with van der Waals surface area (Å²) in [5.74, 6) is 0.985. The van der Waals surface area contributed by atoms with Crippen LogP contribution >= 0.6 is 36.2 Å². The SMILES string of the molecule is Cc1ccc(CNCc2ccco2)s1.Cl.Cl. The van der Waals surface area contributed by atoms with Gasteiger partial charge in [0.05, 0.1) is 12.8 Å². The molecule has 0 spiro atoms. The van der Waals surface area contributed by atoms with Gasteiger partial charge in [-0.15, -0.1) is 36.2 Å². The zero-order valence-corrected chi connectivity index (χ0v) is 11.4. The minimum atomic E-state index is 0. The third kappa shape index (κ3) is 4.58. The quantitative estimate of drug-likeness (QED) is 0.922. The van der Waals surface area contributed by atoms with Gasteiger partial charge in [0, 0.05) is 16.3 Å². The molecule has 16 heavy (non-hydrogen) atoms. The van der Waals surface area contributed by atoms with Crippen LogP contribution in [0.25, 0.3) is 0 Å². The molecule has 0 saturated heterocycles. The molecule has 2 heterocycles. The Morgan fingerprint density at radius 1 is 1.19 bits per heavy atom. The predicted molar refractivity (Wildman–Crippen MR) is 72.8 cm³/mol. The number of hydrogen-bond donors (Lipinski definition) is 1. The second kappa shape index (κ2) is 7.74. The van der Waals surface area contributed by atoms with Crippen LogP contribution in [0.4, 0.5) is 0 Å². The molecule has 0 aliphatic heterocycles. The van der Waals surface area contributed by atoms with Crippen LogP contribution in [0.1, 0.15) is 15.5 Å². The normalized spacial score (nSPS) is 9.31. The molecule has 0 radical (unpaired) electrons. The smallest absolute Gasteiger partial charge is 0.117 e. The topological polar surface area (TPSA) is 25.2 Å². The molecular weight excluding hydrogens is 265 g/mol. The molecule has 0 fully saturated rings. The van der Waals surface area contributed by atoms with Crippen molar-refractivity contribution in [3.05, 3.63) is 46.0 Å². The third-order valence-corrected chi connectivity index (χ3v) is 2.98. The molecule has 0 atom stereocenters. The summed E-state index contributed by atoms with van der Waals surface area (Å²) in [6.45, 7) is 3.84. The molecule has 2 rings (SSSR count). The van der Waals surface area contributed by atoms with Crippen molar-refractivity contribution in [2.75, 3.05) is 0 Å². The summed E-state index contributed by atoms with van der Waals surface area (Å²) in [7, 11) is 0. The number of rotatable bonds is 4. The first-order valence-corrected chi connectivity index (χ1v) is 5.44. The van der Waals surface area contributed by atoms with E-state index in [4.69, 9.17) is 4.42 Å². The molecule has 0 saturated carbocycles. The van der Waals surface area contributed by atoms with E-state index in [9.17, 15) is 0 Å². The van der Waals surface area contributed by atoms with E-state index in [1.807, 2.05) is 23.5 Å². The Kier molecular flexibility index (Phi) is 7.51. The Bertz CT molecular complexity index is 386. The van der Waals surface area contributed by atoms with Crippen LogP contribution < -0.4 is 5.32 Å². The summed E-state index contributed by atoms with van der Waals surface area (Å²) in [4.78, 5) is 2.73. The molecule has 0 aliphatic carbocycles. The fourth-order valence-electron chi connectivity index (χ4n) is 1.30. The van der Waals surface area contributed by atoms with Gasteiger partial charge in [0.1, 0.15) is 5.76 Å². The monoisotopic (exact) mass is 279 g/mol. The van der Waals surface area contributed by atoms with E-state index in [2.05, 4.69) is 24.4 Å². The summed E-state index contributed by atoms with van der Waals surface area (Å²) < 4.78 is 5.22. The van der Waals surface area contributed by atoms with Gasteiger partial charge in [0.25, 0.3) is 0 Å². The molecule has 2 aromatic heterocycles. The number of hydrogen-bond acceptors (Lipinski definition) is 3. The van der Waals surface area contributed by atoms with Crippen molar-refractivity contribution < 1.29 is 4.42 Å². The Labute approximate surface area is 112 Å². The maximum absolute atomic E-state index is 5.22. The van der Waals surface area contributed by atoms with E-state index in [-0.39, 0.29) is 24.8 Å². The highest BCUT2D eigenvalue weighted by atomic mass is 35.5. The largest absolute Gasteiger partial charge is 0.468 e. The number of thiophene rings is 1. The van der Waals surface area contributed by atoms with Crippen LogP contribution in [0.3, 0.4) is 0 Å². The first-order chi connectivity index (χ1) is 6.84. The molecule has 0 aliphatic rings. The molecule has 2 aromatic rings. The van der Waals surface area contributed by atoms with Crippen molar-refractivity contribution in [1.82, 2.24) is 5.32 Å².